The SMILES string of the molecule is CC(C)(C)CCNC(=O)CN(CCN)CCc1ccccc1.Cl. The van der Waals surface area contributed by atoms with E-state index in [2.05, 4.69) is 43.1 Å². The average molecular weight is 342 g/mol. The summed E-state index contributed by atoms with van der Waals surface area (Å²) in [5.74, 6) is 0.0887. The summed E-state index contributed by atoms with van der Waals surface area (Å²) in [6, 6.07) is 10.3. The highest BCUT2D eigenvalue weighted by Crippen LogP contribution is 2.16. The molecule has 0 bridgehead atoms. The van der Waals surface area contributed by atoms with E-state index in [0.717, 1.165) is 32.5 Å². The Balaban J connectivity index is 0.00000484. The van der Waals surface area contributed by atoms with Crippen LogP contribution in [0.3, 0.4) is 0 Å². The van der Waals surface area contributed by atoms with Gasteiger partial charge in [-0.25, -0.2) is 0 Å². The molecule has 0 heterocycles. The Morgan fingerprint density at radius 3 is 2.39 bits per heavy atom. The highest BCUT2D eigenvalue weighted by atomic mass is 35.5. The van der Waals surface area contributed by atoms with E-state index in [1.54, 1.807) is 0 Å². The molecule has 0 aliphatic carbocycles. The van der Waals surface area contributed by atoms with Gasteiger partial charge in [-0.15, -0.1) is 12.4 Å². The number of nitrogens with one attached hydrogen (secondary N) is 1. The van der Waals surface area contributed by atoms with Crippen LogP contribution in [0.5, 0.6) is 0 Å². The lowest BCUT2D eigenvalue weighted by atomic mass is 9.92. The second kappa shape index (κ2) is 11.4. The van der Waals surface area contributed by atoms with Gasteiger partial charge in [0.2, 0.25) is 5.91 Å². The molecule has 23 heavy (non-hydrogen) atoms. The lowest BCUT2D eigenvalue weighted by Crippen LogP contribution is -2.41. The molecule has 1 amide bonds. The predicted octanol–water partition coefficient (Wildman–Crippen LogP) is 2.46. The zero-order valence-corrected chi connectivity index (χ0v) is 15.5. The molecule has 0 aliphatic rings. The monoisotopic (exact) mass is 341 g/mol. The maximum Gasteiger partial charge on any atom is 0.234 e. The smallest absolute Gasteiger partial charge is 0.234 e. The van der Waals surface area contributed by atoms with E-state index in [-0.39, 0.29) is 23.7 Å². The van der Waals surface area contributed by atoms with E-state index in [4.69, 9.17) is 5.73 Å². The molecule has 0 spiro atoms. The van der Waals surface area contributed by atoms with Gasteiger partial charge in [-0.3, -0.25) is 9.69 Å². The predicted molar refractivity (Wildman–Crippen MR) is 100.0 cm³/mol. The minimum absolute atomic E-state index is 0. The Morgan fingerprint density at radius 1 is 1.17 bits per heavy atom. The van der Waals surface area contributed by atoms with E-state index in [1.807, 2.05) is 18.2 Å². The number of nitrogens with two attached hydrogens (primary N) is 1. The Labute approximate surface area is 147 Å². The van der Waals surface area contributed by atoms with Crippen LogP contribution in [0.25, 0.3) is 0 Å². The standard InChI is InChI=1S/C18H31N3O.ClH/c1-18(2,3)10-12-20-17(22)15-21(14-11-19)13-9-16-7-5-4-6-8-16;/h4-8H,9-15,19H2,1-3H3,(H,20,22);1H. The third-order valence-corrected chi connectivity index (χ3v) is 3.57. The maximum atomic E-state index is 12.0. The van der Waals surface area contributed by atoms with E-state index < -0.39 is 0 Å². The third-order valence-electron chi connectivity index (χ3n) is 3.57. The van der Waals surface area contributed by atoms with Crippen molar-refractivity contribution in [2.45, 2.75) is 33.6 Å². The molecule has 1 rings (SSSR count). The van der Waals surface area contributed by atoms with Crippen LogP contribution in [0.4, 0.5) is 0 Å². The van der Waals surface area contributed by atoms with Crippen molar-refractivity contribution in [3.63, 3.8) is 0 Å². The first kappa shape index (κ1) is 21.9. The summed E-state index contributed by atoms with van der Waals surface area (Å²) < 4.78 is 0. The van der Waals surface area contributed by atoms with Crippen LogP contribution in [0, 0.1) is 5.41 Å². The van der Waals surface area contributed by atoms with Crippen LogP contribution in [-0.4, -0.2) is 43.5 Å². The second-order valence-corrected chi connectivity index (χ2v) is 6.96. The lowest BCUT2D eigenvalue weighted by molar-refractivity contribution is -0.122. The quantitative estimate of drug-likeness (QED) is 0.725. The van der Waals surface area contributed by atoms with Crippen molar-refractivity contribution >= 4 is 18.3 Å². The minimum atomic E-state index is 0. The van der Waals surface area contributed by atoms with E-state index in [0.29, 0.717) is 13.1 Å². The number of hydrogen-bond acceptors (Lipinski definition) is 3. The summed E-state index contributed by atoms with van der Waals surface area (Å²) in [7, 11) is 0. The number of carbonyl (C=O) groups is 1. The van der Waals surface area contributed by atoms with E-state index in [1.165, 1.54) is 5.56 Å². The second-order valence-electron chi connectivity index (χ2n) is 6.96. The summed E-state index contributed by atoms with van der Waals surface area (Å²) in [6.07, 6.45) is 1.93. The van der Waals surface area contributed by atoms with Crippen molar-refractivity contribution in [2.24, 2.45) is 11.1 Å². The van der Waals surface area contributed by atoms with Gasteiger partial charge in [-0.1, -0.05) is 51.1 Å². The molecule has 0 saturated carbocycles. The normalized spacial score (nSPS) is 11.2. The molecular formula is C18H32ClN3O. The Kier molecular flexibility index (Phi) is 10.9. The number of nitrogens with zero attached hydrogens (tertiary/aromatic N) is 1. The average Bonchev–Trinajstić information content (AvgIpc) is 2.45. The van der Waals surface area contributed by atoms with Gasteiger partial charge < -0.3 is 11.1 Å². The topological polar surface area (TPSA) is 58.4 Å². The van der Waals surface area contributed by atoms with Crippen molar-refractivity contribution < 1.29 is 4.79 Å². The number of hydrogen-bond donors (Lipinski definition) is 2. The first-order chi connectivity index (χ1) is 10.4. The lowest BCUT2D eigenvalue weighted by Gasteiger charge is -2.22. The van der Waals surface area contributed by atoms with E-state index >= 15 is 0 Å². The molecule has 0 radical (unpaired) electrons. The van der Waals surface area contributed by atoms with Gasteiger partial charge in [0, 0.05) is 26.2 Å². The number of amides is 1. The molecule has 4 nitrogen and oxygen atoms in total. The summed E-state index contributed by atoms with van der Waals surface area (Å²) in [6.45, 7) is 9.88. The summed E-state index contributed by atoms with van der Waals surface area (Å²) in [5.41, 5.74) is 7.19. The molecule has 0 aliphatic heterocycles. The fraction of sp³-hybridized carbons (Fsp3) is 0.611. The van der Waals surface area contributed by atoms with Crippen LogP contribution in [0.1, 0.15) is 32.8 Å². The van der Waals surface area contributed by atoms with Gasteiger partial charge in [-0.2, -0.15) is 0 Å². The van der Waals surface area contributed by atoms with Crippen molar-refractivity contribution in [3.05, 3.63) is 35.9 Å². The van der Waals surface area contributed by atoms with Gasteiger partial charge in [0.15, 0.2) is 0 Å². The summed E-state index contributed by atoms with van der Waals surface area (Å²) >= 11 is 0. The minimum Gasteiger partial charge on any atom is -0.355 e. The zero-order valence-electron chi connectivity index (χ0n) is 14.7. The van der Waals surface area contributed by atoms with E-state index in [9.17, 15) is 4.79 Å². The summed E-state index contributed by atoms with van der Waals surface area (Å²) in [4.78, 5) is 14.2. The molecule has 1 aromatic rings. The molecular weight excluding hydrogens is 310 g/mol. The first-order valence-corrected chi connectivity index (χ1v) is 8.14. The molecule has 0 fully saturated rings. The van der Waals surface area contributed by atoms with Gasteiger partial charge in [0.05, 0.1) is 6.54 Å². The molecule has 0 aromatic heterocycles. The van der Waals surface area contributed by atoms with Gasteiger partial charge in [0.1, 0.15) is 0 Å². The van der Waals surface area contributed by atoms with Crippen LogP contribution < -0.4 is 11.1 Å². The zero-order chi connectivity index (χ0) is 16.4. The molecule has 5 heteroatoms. The van der Waals surface area contributed by atoms with Gasteiger partial charge >= 0.3 is 0 Å². The highest BCUT2D eigenvalue weighted by Gasteiger charge is 2.13. The Hall–Kier alpha value is -1.10. The van der Waals surface area contributed by atoms with Crippen LogP contribution in [0.2, 0.25) is 0 Å². The van der Waals surface area contributed by atoms with Crippen molar-refractivity contribution in [1.29, 1.82) is 0 Å². The van der Waals surface area contributed by atoms with Crippen LogP contribution >= 0.6 is 12.4 Å². The third kappa shape index (κ3) is 11.1. The fourth-order valence-electron chi connectivity index (χ4n) is 2.22. The Bertz CT molecular complexity index is 432. The molecule has 1 aromatic carbocycles. The fourth-order valence-corrected chi connectivity index (χ4v) is 2.22. The maximum absolute atomic E-state index is 12.0. The van der Waals surface area contributed by atoms with Crippen LogP contribution in [0.15, 0.2) is 30.3 Å². The van der Waals surface area contributed by atoms with Crippen LogP contribution in [-0.2, 0) is 11.2 Å². The first-order valence-electron chi connectivity index (χ1n) is 8.14. The molecule has 132 valence electrons. The molecule has 3 N–H and O–H groups in total. The number of rotatable bonds is 9. The molecule has 0 atom stereocenters. The van der Waals surface area contributed by atoms with Crippen molar-refractivity contribution in [3.8, 4) is 0 Å². The molecule has 0 saturated heterocycles. The van der Waals surface area contributed by atoms with Crippen molar-refractivity contribution in [1.82, 2.24) is 10.2 Å². The summed E-state index contributed by atoms with van der Waals surface area (Å²) in [5, 5.41) is 3.00. The highest BCUT2D eigenvalue weighted by molar-refractivity contribution is 5.85. The number of halogens is 1. The van der Waals surface area contributed by atoms with Gasteiger partial charge in [-0.05, 0) is 23.8 Å². The van der Waals surface area contributed by atoms with Crippen molar-refractivity contribution in [2.75, 3.05) is 32.7 Å². The largest absolute Gasteiger partial charge is 0.355 e. The molecule has 0 unspecified atom stereocenters. The number of carbonyl (C=O) groups excluding carboxylic acids is 1. The number of benzene rings is 1. The van der Waals surface area contributed by atoms with Gasteiger partial charge in [0.25, 0.3) is 0 Å². The Morgan fingerprint density at radius 2 is 1.83 bits per heavy atom.